The van der Waals surface area contributed by atoms with Crippen molar-refractivity contribution >= 4 is 26.0 Å². The second kappa shape index (κ2) is 24.2. The predicted molar refractivity (Wildman–Crippen MR) is 135 cm³/mol. The molecule has 11 heteroatoms. The average molecular weight is 590 g/mol. The summed E-state index contributed by atoms with van der Waals surface area (Å²) in [6.07, 6.45) is 6.41. The Morgan fingerprint density at radius 2 is 1.65 bits per heavy atom. The van der Waals surface area contributed by atoms with E-state index in [0.717, 1.165) is 4.90 Å². The third kappa shape index (κ3) is 18.7. The van der Waals surface area contributed by atoms with Gasteiger partial charge in [-0.3, -0.25) is 4.79 Å². The van der Waals surface area contributed by atoms with Crippen molar-refractivity contribution in [1.29, 1.82) is 5.26 Å². The van der Waals surface area contributed by atoms with Gasteiger partial charge in [0, 0.05) is 28.0 Å². The third-order valence-corrected chi connectivity index (χ3v) is 10.7. The van der Waals surface area contributed by atoms with Crippen LogP contribution in [0, 0.1) is 37.1 Å². The maximum absolute atomic E-state index is 13.3. The summed E-state index contributed by atoms with van der Waals surface area (Å²) in [5.74, 6) is -0.615. The van der Waals surface area contributed by atoms with Gasteiger partial charge in [-0.2, -0.15) is 5.26 Å². The second-order valence-electron chi connectivity index (χ2n) is 8.34. The first kappa shape index (κ1) is 42.0. The molecule has 0 aliphatic rings. The largest absolute Gasteiger partial charge is 0 e. The second-order valence-corrected chi connectivity index (χ2v) is 14.3. The molecule has 0 bridgehead atoms. The molecule has 0 N–H and O–H groups in total. The first-order valence-electron chi connectivity index (χ1n) is 10.6. The van der Waals surface area contributed by atoms with Crippen molar-refractivity contribution in [2.45, 2.75) is 68.5 Å². The minimum atomic E-state index is -2.19. The molecule has 2 atom stereocenters. The van der Waals surface area contributed by atoms with Crippen molar-refractivity contribution in [3.63, 3.8) is 0 Å². The van der Waals surface area contributed by atoms with Crippen LogP contribution in [0.5, 0.6) is 0 Å². The molecular weight excluding hydrogens is 557 g/mol. The Balaban J connectivity index is -0.000000721. The standard InChI is InChI=1S/C23H32FNO3SSi.3CO.Fe/c1-7-27-22(26)17-20(28-30(5,6)23(2,3)4)21(11-9-8-10-16-25)29-19-14-12-18(24)13-15-19;3*1-2;/h8-15,20-21H,7,17H2,1-6H3;;;;/b10-8+,11-9-;;;;/t20-,21-;;;;/m1..../s1. The van der Waals surface area contributed by atoms with Gasteiger partial charge < -0.3 is 9.16 Å². The summed E-state index contributed by atoms with van der Waals surface area (Å²) < 4.78 is 47.7. The number of nitrogens with zero attached hydrogens (tertiary/aromatic N) is 1. The van der Waals surface area contributed by atoms with E-state index in [1.807, 2.05) is 12.1 Å². The van der Waals surface area contributed by atoms with Gasteiger partial charge in [0.2, 0.25) is 0 Å². The molecule has 0 aromatic heterocycles. The van der Waals surface area contributed by atoms with Crippen LogP contribution in [-0.2, 0) is 45.0 Å². The molecule has 0 saturated heterocycles. The Bertz CT molecular complexity index is 904. The zero-order valence-corrected chi connectivity index (χ0v) is 24.6. The molecule has 0 saturated carbocycles. The molecule has 0 aliphatic heterocycles. The Morgan fingerprint density at radius 3 is 2.08 bits per heavy atom. The number of esters is 1. The van der Waals surface area contributed by atoms with Gasteiger partial charge in [-0.15, -0.1) is 11.8 Å². The van der Waals surface area contributed by atoms with Gasteiger partial charge >= 0.3 is 39.9 Å². The van der Waals surface area contributed by atoms with Crippen molar-refractivity contribution in [2.75, 3.05) is 6.61 Å². The zero-order chi connectivity index (χ0) is 28.8. The molecule has 202 valence electrons. The van der Waals surface area contributed by atoms with Crippen LogP contribution in [0.2, 0.25) is 18.1 Å². The zero-order valence-electron chi connectivity index (χ0n) is 21.7. The normalized spacial score (nSPS) is 12.0. The molecule has 0 unspecified atom stereocenters. The molecule has 0 heterocycles. The Hall–Kier alpha value is -2.14. The van der Waals surface area contributed by atoms with E-state index >= 15 is 0 Å². The van der Waals surface area contributed by atoms with Crippen LogP contribution in [0.1, 0.15) is 34.1 Å². The first-order valence-corrected chi connectivity index (χ1v) is 14.4. The third-order valence-electron chi connectivity index (χ3n) is 4.96. The predicted octanol–water partition coefficient (Wildman–Crippen LogP) is 6.15. The SMILES string of the molecule is CCOC(=O)C[C@@H](O[Si](C)(C)C(C)(C)C)[C@@H](/C=C\C=C\C#N)Sc1ccc(F)cc1.[C-]#[O+].[C-]#[O+].[C-]#[O+].[Fe]. The molecule has 1 aromatic carbocycles. The van der Waals surface area contributed by atoms with E-state index in [9.17, 15) is 9.18 Å². The average Bonchev–Trinajstić information content (AvgIpc) is 2.85. The van der Waals surface area contributed by atoms with Crippen LogP contribution in [0.25, 0.3) is 0 Å². The fourth-order valence-electron chi connectivity index (χ4n) is 2.35. The van der Waals surface area contributed by atoms with Crippen LogP contribution >= 0.6 is 11.8 Å². The molecule has 37 heavy (non-hydrogen) atoms. The van der Waals surface area contributed by atoms with Gasteiger partial charge in [-0.1, -0.05) is 39.0 Å². The van der Waals surface area contributed by atoms with Crippen LogP contribution in [0.4, 0.5) is 4.39 Å². The molecule has 0 spiro atoms. The van der Waals surface area contributed by atoms with Crippen molar-refractivity contribution in [2.24, 2.45) is 0 Å². The number of halogens is 1. The monoisotopic (exact) mass is 589 g/mol. The summed E-state index contributed by atoms with van der Waals surface area (Å²) in [5.41, 5.74) is 0. The van der Waals surface area contributed by atoms with Gasteiger partial charge in [-0.05, 0) is 49.3 Å². The number of thioether (sulfide) groups is 1. The van der Waals surface area contributed by atoms with Crippen molar-refractivity contribution in [3.8, 4) is 6.07 Å². The van der Waals surface area contributed by atoms with Gasteiger partial charge in [0.05, 0.1) is 30.5 Å². The number of hydrogen-bond donors (Lipinski definition) is 0. The minimum Gasteiger partial charge on any atom is 0 e. The summed E-state index contributed by atoms with van der Waals surface area (Å²) >= 11 is 1.49. The van der Waals surface area contributed by atoms with Gasteiger partial charge in [0.25, 0.3) is 0 Å². The Kier molecular flexibility index (Phi) is 27.5. The summed E-state index contributed by atoms with van der Waals surface area (Å²) in [4.78, 5) is 13.2. The van der Waals surface area contributed by atoms with E-state index in [1.54, 1.807) is 31.2 Å². The van der Waals surface area contributed by atoms with E-state index < -0.39 is 14.4 Å². The van der Waals surface area contributed by atoms with Crippen molar-refractivity contribution in [3.05, 3.63) is 74.3 Å². The number of rotatable bonds is 10. The molecule has 7 nitrogen and oxygen atoms in total. The molecule has 0 radical (unpaired) electrons. The number of carbonyl (C=O) groups excluding carboxylic acids is 1. The molecule has 0 fully saturated rings. The number of hydrogen-bond acceptors (Lipinski definition) is 5. The number of carbonyl (C=O) groups is 1. The molecular formula is C26H32FFeNO6SSi. The van der Waals surface area contributed by atoms with E-state index in [0.29, 0.717) is 6.61 Å². The maximum atomic E-state index is 13.3. The first-order chi connectivity index (χ1) is 17.0. The smallest absolute Gasteiger partial charge is 0 e. The number of nitriles is 1. The fraction of sp³-hybridized carbons (Fsp3) is 0.423. The number of allylic oxidation sites excluding steroid dienone is 3. The summed E-state index contributed by atoms with van der Waals surface area (Å²) in [6.45, 7) is 26.3. The van der Waals surface area contributed by atoms with Crippen LogP contribution < -0.4 is 0 Å². The molecule has 1 aromatic rings. The summed E-state index contributed by atoms with van der Waals surface area (Å²) in [7, 11) is -2.19. The fourth-order valence-corrected chi connectivity index (χ4v) is 4.87. The van der Waals surface area contributed by atoms with E-state index in [-0.39, 0.29) is 45.6 Å². The van der Waals surface area contributed by atoms with Crippen molar-refractivity contribution in [1.82, 2.24) is 0 Å². The van der Waals surface area contributed by atoms with Crippen LogP contribution in [-0.4, -0.2) is 32.2 Å². The Morgan fingerprint density at radius 1 is 1.14 bits per heavy atom. The number of ether oxygens (including phenoxy) is 1. The van der Waals surface area contributed by atoms with E-state index in [1.165, 1.54) is 30.0 Å². The van der Waals surface area contributed by atoms with Gasteiger partial charge in [0.1, 0.15) is 5.82 Å². The molecule has 1 rings (SSSR count). The van der Waals surface area contributed by atoms with Crippen LogP contribution in [0.3, 0.4) is 0 Å². The molecule has 0 aliphatic carbocycles. The molecule has 0 amide bonds. The van der Waals surface area contributed by atoms with Gasteiger partial charge in [0.15, 0.2) is 8.32 Å². The van der Waals surface area contributed by atoms with Crippen LogP contribution in [0.15, 0.2) is 53.5 Å². The topological polar surface area (TPSA) is 119 Å². The quantitative estimate of drug-likeness (QED) is 0.0617. The van der Waals surface area contributed by atoms with Crippen molar-refractivity contribution < 1.29 is 49.4 Å². The maximum Gasteiger partial charge on any atom is 0 e. The Labute approximate surface area is 235 Å². The number of benzene rings is 1. The van der Waals surface area contributed by atoms with E-state index in [4.69, 9.17) is 28.4 Å². The summed E-state index contributed by atoms with van der Waals surface area (Å²) in [5, 5.41) is 8.47. The van der Waals surface area contributed by atoms with Gasteiger partial charge in [-0.25, -0.2) is 4.39 Å². The minimum absolute atomic E-state index is 0. The summed E-state index contributed by atoms with van der Waals surface area (Å²) in [6, 6.07) is 8.19. The van der Waals surface area contributed by atoms with E-state index in [2.05, 4.69) is 53.8 Å².